The van der Waals surface area contributed by atoms with Crippen molar-refractivity contribution in [3.63, 3.8) is 0 Å². The standard InChI is InChI=1S/C28H29N3O5S/c1-19(32)21-10-5-11-22(16-21)31(25(33)18-30-27(34)24-13-7-15-37-24)26(20-8-3-2-4-9-20)28(35)29-17-23-12-6-14-36-23/h2-5,7-11,13,15-16,23,26H,6,12,14,17-18H2,1H3,(H,29,35)(H,30,34)/t23-,26+/m1/s1. The van der Waals surface area contributed by atoms with E-state index in [1.165, 1.54) is 23.2 Å². The average molecular weight is 520 g/mol. The van der Waals surface area contributed by atoms with Gasteiger partial charge in [0.25, 0.3) is 5.91 Å². The van der Waals surface area contributed by atoms with Crippen molar-refractivity contribution < 1.29 is 23.9 Å². The van der Waals surface area contributed by atoms with E-state index in [2.05, 4.69) is 10.6 Å². The van der Waals surface area contributed by atoms with Crippen molar-refractivity contribution in [1.29, 1.82) is 0 Å². The van der Waals surface area contributed by atoms with Gasteiger partial charge in [-0.1, -0.05) is 48.5 Å². The quantitative estimate of drug-likeness (QED) is 0.397. The maximum atomic E-state index is 13.7. The smallest absolute Gasteiger partial charge is 0.261 e. The predicted octanol–water partition coefficient (Wildman–Crippen LogP) is 3.75. The van der Waals surface area contributed by atoms with Crippen LogP contribution in [0.15, 0.2) is 72.1 Å². The zero-order valence-corrected chi connectivity index (χ0v) is 21.3. The Morgan fingerprint density at radius 3 is 2.51 bits per heavy atom. The Hall–Kier alpha value is -3.82. The van der Waals surface area contributed by atoms with Crippen molar-refractivity contribution in [2.24, 2.45) is 0 Å². The number of hydrogen-bond acceptors (Lipinski definition) is 6. The molecule has 1 fully saturated rings. The molecule has 0 saturated carbocycles. The van der Waals surface area contributed by atoms with E-state index in [1.54, 1.807) is 66.0 Å². The number of thiophene rings is 1. The lowest BCUT2D eigenvalue weighted by molar-refractivity contribution is -0.126. The molecule has 3 amide bonds. The summed E-state index contributed by atoms with van der Waals surface area (Å²) in [5, 5.41) is 7.38. The monoisotopic (exact) mass is 519 g/mol. The highest BCUT2D eigenvalue weighted by molar-refractivity contribution is 7.12. The van der Waals surface area contributed by atoms with Gasteiger partial charge in [0.2, 0.25) is 11.8 Å². The lowest BCUT2D eigenvalue weighted by Crippen LogP contribution is -2.48. The highest BCUT2D eigenvalue weighted by Crippen LogP contribution is 2.29. The minimum Gasteiger partial charge on any atom is -0.376 e. The molecule has 8 nitrogen and oxygen atoms in total. The van der Waals surface area contributed by atoms with E-state index in [4.69, 9.17) is 4.74 Å². The molecule has 2 atom stereocenters. The molecule has 192 valence electrons. The van der Waals surface area contributed by atoms with E-state index in [9.17, 15) is 19.2 Å². The molecule has 3 aromatic rings. The summed E-state index contributed by atoms with van der Waals surface area (Å²) in [6.45, 7) is 2.10. The minimum atomic E-state index is -1.03. The molecule has 1 aromatic heterocycles. The van der Waals surface area contributed by atoms with Gasteiger partial charge in [0, 0.05) is 24.4 Å². The Kier molecular flexibility index (Phi) is 8.81. The topological polar surface area (TPSA) is 105 Å². The SMILES string of the molecule is CC(=O)c1cccc(N(C(=O)CNC(=O)c2cccs2)[C@H](C(=O)NC[C@H]2CCCO2)c2ccccc2)c1. The van der Waals surface area contributed by atoms with E-state index in [1.807, 2.05) is 6.07 Å². The fraction of sp³-hybridized carbons (Fsp3) is 0.286. The van der Waals surface area contributed by atoms with Crippen molar-refractivity contribution >= 4 is 40.5 Å². The van der Waals surface area contributed by atoms with Crippen LogP contribution in [0.2, 0.25) is 0 Å². The lowest BCUT2D eigenvalue weighted by atomic mass is 10.0. The summed E-state index contributed by atoms with van der Waals surface area (Å²) in [5.41, 5.74) is 1.38. The number of nitrogens with zero attached hydrogens (tertiary/aromatic N) is 1. The van der Waals surface area contributed by atoms with Gasteiger partial charge in [-0.25, -0.2) is 0 Å². The number of carbonyl (C=O) groups excluding carboxylic acids is 4. The first-order valence-electron chi connectivity index (χ1n) is 12.1. The molecule has 2 aromatic carbocycles. The van der Waals surface area contributed by atoms with Gasteiger partial charge >= 0.3 is 0 Å². The Morgan fingerprint density at radius 2 is 1.84 bits per heavy atom. The number of rotatable bonds is 10. The third-order valence-electron chi connectivity index (χ3n) is 6.09. The largest absolute Gasteiger partial charge is 0.376 e. The number of amides is 3. The minimum absolute atomic E-state index is 0.0735. The Morgan fingerprint density at radius 1 is 1.03 bits per heavy atom. The molecule has 4 rings (SSSR count). The molecule has 2 N–H and O–H groups in total. The fourth-order valence-corrected chi connectivity index (χ4v) is 4.86. The summed E-state index contributed by atoms with van der Waals surface area (Å²) in [5.74, 6) is -1.42. The number of carbonyl (C=O) groups is 4. The van der Waals surface area contributed by atoms with Crippen molar-refractivity contribution in [2.45, 2.75) is 31.9 Å². The summed E-state index contributed by atoms with van der Waals surface area (Å²) in [7, 11) is 0. The Labute approximate surface area is 219 Å². The molecule has 0 unspecified atom stereocenters. The number of Topliss-reactive ketones (excluding diaryl/α,β-unsaturated/α-hetero) is 1. The number of anilines is 1. The molecule has 0 radical (unpaired) electrons. The molecule has 37 heavy (non-hydrogen) atoms. The molecule has 0 bridgehead atoms. The zero-order valence-electron chi connectivity index (χ0n) is 20.5. The number of ketones is 1. The molecule has 0 aliphatic carbocycles. The molecule has 1 aliphatic heterocycles. The Bertz CT molecular complexity index is 1240. The third kappa shape index (κ3) is 6.69. The molecule has 1 aliphatic rings. The van der Waals surface area contributed by atoms with Gasteiger partial charge in [-0.3, -0.25) is 24.1 Å². The van der Waals surface area contributed by atoms with Crippen LogP contribution in [-0.4, -0.2) is 49.3 Å². The van der Waals surface area contributed by atoms with Crippen LogP contribution >= 0.6 is 11.3 Å². The number of hydrogen-bond donors (Lipinski definition) is 2. The second-order valence-corrected chi connectivity index (χ2v) is 9.67. The van der Waals surface area contributed by atoms with E-state index in [0.29, 0.717) is 34.8 Å². The van der Waals surface area contributed by atoms with Crippen LogP contribution in [0.4, 0.5) is 5.69 Å². The van der Waals surface area contributed by atoms with Crippen molar-refractivity contribution in [2.75, 3.05) is 24.6 Å². The molecule has 2 heterocycles. The highest BCUT2D eigenvalue weighted by Gasteiger charge is 2.33. The van der Waals surface area contributed by atoms with Crippen LogP contribution in [0.5, 0.6) is 0 Å². The van der Waals surface area contributed by atoms with Gasteiger partial charge in [0.05, 0.1) is 17.5 Å². The van der Waals surface area contributed by atoms with Gasteiger partial charge in [0.15, 0.2) is 5.78 Å². The van der Waals surface area contributed by atoms with Crippen molar-refractivity contribution in [3.8, 4) is 0 Å². The van der Waals surface area contributed by atoms with Crippen LogP contribution in [0, 0.1) is 0 Å². The average Bonchev–Trinajstić information content (AvgIpc) is 3.64. The number of benzene rings is 2. The molecule has 9 heteroatoms. The highest BCUT2D eigenvalue weighted by atomic mass is 32.1. The van der Waals surface area contributed by atoms with Gasteiger partial charge < -0.3 is 15.4 Å². The van der Waals surface area contributed by atoms with Crippen LogP contribution in [0.25, 0.3) is 0 Å². The van der Waals surface area contributed by atoms with Gasteiger partial charge in [-0.15, -0.1) is 11.3 Å². The number of nitrogens with one attached hydrogen (secondary N) is 2. The summed E-state index contributed by atoms with van der Waals surface area (Å²) < 4.78 is 5.64. The number of ether oxygens (including phenoxy) is 1. The maximum absolute atomic E-state index is 13.7. The molecule has 1 saturated heterocycles. The second kappa shape index (κ2) is 12.4. The molecular weight excluding hydrogens is 490 g/mol. The summed E-state index contributed by atoms with van der Waals surface area (Å²) in [6.07, 6.45) is 1.72. The van der Waals surface area contributed by atoms with E-state index >= 15 is 0 Å². The van der Waals surface area contributed by atoms with Crippen molar-refractivity contribution in [3.05, 3.63) is 88.1 Å². The van der Waals surface area contributed by atoms with Crippen LogP contribution in [-0.2, 0) is 14.3 Å². The molecule has 0 spiro atoms. The summed E-state index contributed by atoms with van der Waals surface area (Å²) >= 11 is 1.27. The fourth-order valence-electron chi connectivity index (χ4n) is 4.22. The Balaban J connectivity index is 1.67. The van der Waals surface area contributed by atoms with E-state index < -0.39 is 11.9 Å². The van der Waals surface area contributed by atoms with Crippen LogP contribution in [0.3, 0.4) is 0 Å². The van der Waals surface area contributed by atoms with Gasteiger partial charge in [-0.2, -0.15) is 0 Å². The van der Waals surface area contributed by atoms with Gasteiger partial charge in [0.1, 0.15) is 6.04 Å². The van der Waals surface area contributed by atoms with Crippen LogP contribution < -0.4 is 15.5 Å². The van der Waals surface area contributed by atoms with Crippen molar-refractivity contribution in [1.82, 2.24) is 10.6 Å². The van der Waals surface area contributed by atoms with E-state index in [0.717, 1.165) is 12.8 Å². The lowest BCUT2D eigenvalue weighted by Gasteiger charge is -2.32. The third-order valence-corrected chi connectivity index (χ3v) is 6.96. The van der Waals surface area contributed by atoms with Gasteiger partial charge in [-0.05, 0) is 48.9 Å². The summed E-state index contributed by atoms with van der Waals surface area (Å²) in [6, 6.07) is 17.9. The van der Waals surface area contributed by atoms with E-state index in [-0.39, 0.29) is 30.2 Å². The molecular formula is C28H29N3O5S. The normalized spacial score (nSPS) is 15.5. The zero-order chi connectivity index (χ0) is 26.2. The first kappa shape index (κ1) is 26.2. The second-order valence-electron chi connectivity index (χ2n) is 8.72. The van der Waals surface area contributed by atoms with Crippen LogP contribution in [0.1, 0.15) is 51.4 Å². The summed E-state index contributed by atoms with van der Waals surface area (Å²) in [4.78, 5) is 53.8. The first-order valence-corrected chi connectivity index (χ1v) is 13.0. The predicted molar refractivity (Wildman–Crippen MR) is 142 cm³/mol. The maximum Gasteiger partial charge on any atom is 0.261 e. The first-order chi connectivity index (χ1) is 17.9.